The van der Waals surface area contributed by atoms with Crippen molar-refractivity contribution in [3.63, 3.8) is 0 Å². The minimum Gasteiger partial charge on any atom is -0.383 e. The van der Waals surface area contributed by atoms with E-state index in [9.17, 15) is 0 Å². The molecule has 1 aliphatic rings. The largest absolute Gasteiger partial charge is 0.383 e. The SMILES string of the molecule is CCN1CCN(CCNc2ccccc2Br)CC1C. The fourth-order valence-corrected chi connectivity index (χ4v) is 3.12. The lowest BCUT2D eigenvalue weighted by Crippen LogP contribution is -2.52. The molecule has 1 atom stereocenters. The number of halogens is 1. The summed E-state index contributed by atoms with van der Waals surface area (Å²) in [5, 5.41) is 3.50. The topological polar surface area (TPSA) is 18.5 Å². The molecule has 19 heavy (non-hydrogen) atoms. The second kappa shape index (κ2) is 7.27. The quantitative estimate of drug-likeness (QED) is 0.898. The first-order chi connectivity index (χ1) is 9.20. The van der Waals surface area contributed by atoms with Gasteiger partial charge in [0.1, 0.15) is 0 Å². The van der Waals surface area contributed by atoms with Crippen molar-refractivity contribution in [1.29, 1.82) is 0 Å². The van der Waals surface area contributed by atoms with Crippen LogP contribution in [-0.2, 0) is 0 Å². The summed E-state index contributed by atoms with van der Waals surface area (Å²) < 4.78 is 1.14. The number of hydrogen-bond acceptors (Lipinski definition) is 3. The van der Waals surface area contributed by atoms with Crippen LogP contribution in [0.1, 0.15) is 13.8 Å². The molecule has 0 aromatic heterocycles. The first kappa shape index (κ1) is 14.8. The average molecular weight is 326 g/mol. The highest BCUT2D eigenvalue weighted by molar-refractivity contribution is 9.10. The molecule has 0 bridgehead atoms. The fraction of sp³-hybridized carbons (Fsp3) is 0.600. The van der Waals surface area contributed by atoms with Gasteiger partial charge in [-0.2, -0.15) is 0 Å². The van der Waals surface area contributed by atoms with Crippen molar-refractivity contribution in [2.24, 2.45) is 0 Å². The molecule has 1 heterocycles. The normalized spacial score (nSPS) is 21.5. The van der Waals surface area contributed by atoms with E-state index in [0.29, 0.717) is 6.04 Å². The first-order valence-electron chi connectivity index (χ1n) is 7.15. The number of rotatable bonds is 5. The van der Waals surface area contributed by atoms with Gasteiger partial charge in [-0.1, -0.05) is 19.1 Å². The van der Waals surface area contributed by atoms with Gasteiger partial charge in [-0.3, -0.25) is 9.80 Å². The van der Waals surface area contributed by atoms with Gasteiger partial charge in [0, 0.05) is 48.9 Å². The van der Waals surface area contributed by atoms with Crippen LogP contribution >= 0.6 is 15.9 Å². The zero-order valence-electron chi connectivity index (χ0n) is 11.9. The van der Waals surface area contributed by atoms with E-state index in [-0.39, 0.29) is 0 Å². The van der Waals surface area contributed by atoms with E-state index in [0.717, 1.165) is 17.6 Å². The van der Waals surface area contributed by atoms with Crippen molar-refractivity contribution < 1.29 is 0 Å². The van der Waals surface area contributed by atoms with Crippen molar-refractivity contribution in [2.45, 2.75) is 19.9 Å². The van der Waals surface area contributed by atoms with Crippen LogP contribution in [0.25, 0.3) is 0 Å². The second-order valence-corrected chi connectivity index (χ2v) is 6.04. The third kappa shape index (κ3) is 4.20. The summed E-state index contributed by atoms with van der Waals surface area (Å²) >= 11 is 3.57. The van der Waals surface area contributed by atoms with Gasteiger partial charge in [0.15, 0.2) is 0 Å². The van der Waals surface area contributed by atoms with Crippen LogP contribution < -0.4 is 5.32 Å². The summed E-state index contributed by atoms with van der Waals surface area (Å²) in [6.07, 6.45) is 0. The Bertz CT molecular complexity index is 397. The van der Waals surface area contributed by atoms with E-state index in [2.05, 4.69) is 63.1 Å². The third-order valence-corrected chi connectivity index (χ3v) is 4.56. The summed E-state index contributed by atoms with van der Waals surface area (Å²) in [5.74, 6) is 0. The van der Waals surface area contributed by atoms with Crippen LogP contribution in [0.3, 0.4) is 0 Å². The molecule has 3 nitrogen and oxygen atoms in total. The van der Waals surface area contributed by atoms with E-state index in [1.54, 1.807) is 0 Å². The first-order valence-corrected chi connectivity index (χ1v) is 7.94. The van der Waals surface area contributed by atoms with Gasteiger partial charge in [0.25, 0.3) is 0 Å². The Morgan fingerprint density at radius 1 is 1.32 bits per heavy atom. The molecule has 0 radical (unpaired) electrons. The van der Waals surface area contributed by atoms with Gasteiger partial charge >= 0.3 is 0 Å². The molecular formula is C15H24BrN3. The predicted molar refractivity (Wildman–Crippen MR) is 85.8 cm³/mol. The molecule has 0 aliphatic carbocycles. The highest BCUT2D eigenvalue weighted by Gasteiger charge is 2.21. The molecule has 1 saturated heterocycles. The lowest BCUT2D eigenvalue weighted by atomic mass is 10.2. The number of hydrogen-bond donors (Lipinski definition) is 1. The maximum absolute atomic E-state index is 3.57. The Morgan fingerprint density at radius 3 is 2.79 bits per heavy atom. The summed E-state index contributed by atoms with van der Waals surface area (Å²) in [6.45, 7) is 11.4. The molecule has 4 heteroatoms. The maximum atomic E-state index is 3.57. The number of nitrogens with zero attached hydrogens (tertiary/aromatic N) is 2. The van der Waals surface area contributed by atoms with E-state index < -0.39 is 0 Å². The Hall–Kier alpha value is -0.580. The Morgan fingerprint density at radius 2 is 2.11 bits per heavy atom. The van der Waals surface area contributed by atoms with Gasteiger partial charge in [0.05, 0.1) is 0 Å². The minimum atomic E-state index is 0.683. The van der Waals surface area contributed by atoms with Crippen LogP contribution in [0.5, 0.6) is 0 Å². The zero-order chi connectivity index (χ0) is 13.7. The molecule has 106 valence electrons. The predicted octanol–water partition coefficient (Wildman–Crippen LogP) is 2.89. The van der Waals surface area contributed by atoms with Gasteiger partial charge in [-0.15, -0.1) is 0 Å². The highest BCUT2D eigenvalue weighted by atomic mass is 79.9. The summed E-state index contributed by atoms with van der Waals surface area (Å²) in [6, 6.07) is 8.98. The number of anilines is 1. The van der Waals surface area contributed by atoms with E-state index in [1.807, 2.05) is 6.07 Å². The minimum absolute atomic E-state index is 0.683. The van der Waals surface area contributed by atoms with Gasteiger partial charge in [-0.05, 0) is 41.5 Å². The van der Waals surface area contributed by atoms with Crippen molar-refractivity contribution >= 4 is 21.6 Å². The highest BCUT2D eigenvalue weighted by Crippen LogP contribution is 2.20. The van der Waals surface area contributed by atoms with Crippen LogP contribution in [0.2, 0.25) is 0 Å². The van der Waals surface area contributed by atoms with Gasteiger partial charge in [-0.25, -0.2) is 0 Å². The van der Waals surface area contributed by atoms with Crippen LogP contribution in [0.15, 0.2) is 28.7 Å². The molecule has 1 aromatic carbocycles. The molecule has 1 N–H and O–H groups in total. The number of piperazine rings is 1. The molecule has 0 spiro atoms. The summed E-state index contributed by atoms with van der Waals surface area (Å²) in [7, 11) is 0. The number of nitrogens with one attached hydrogen (secondary N) is 1. The molecule has 2 rings (SSSR count). The summed E-state index contributed by atoms with van der Waals surface area (Å²) in [5.41, 5.74) is 1.18. The monoisotopic (exact) mass is 325 g/mol. The van der Waals surface area contributed by atoms with Crippen LogP contribution in [-0.4, -0.2) is 55.1 Å². The fourth-order valence-electron chi connectivity index (χ4n) is 2.70. The number of likely N-dealkylation sites (N-methyl/N-ethyl adjacent to an activating group) is 1. The van der Waals surface area contributed by atoms with E-state index in [1.165, 1.54) is 31.9 Å². The van der Waals surface area contributed by atoms with Crippen molar-refractivity contribution in [3.05, 3.63) is 28.7 Å². The van der Waals surface area contributed by atoms with Gasteiger partial charge < -0.3 is 5.32 Å². The Kier molecular flexibility index (Phi) is 5.67. The van der Waals surface area contributed by atoms with Crippen molar-refractivity contribution in [1.82, 2.24) is 9.80 Å². The van der Waals surface area contributed by atoms with Crippen LogP contribution in [0, 0.1) is 0 Å². The zero-order valence-corrected chi connectivity index (χ0v) is 13.5. The summed E-state index contributed by atoms with van der Waals surface area (Å²) in [4.78, 5) is 5.11. The Balaban J connectivity index is 1.74. The molecule has 1 aromatic rings. The van der Waals surface area contributed by atoms with Crippen molar-refractivity contribution in [2.75, 3.05) is 44.6 Å². The molecular weight excluding hydrogens is 302 g/mol. The third-order valence-electron chi connectivity index (χ3n) is 3.87. The average Bonchev–Trinajstić information content (AvgIpc) is 2.41. The van der Waals surface area contributed by atoms with Crippen molar-refractivity contribution in [3.8, 4) is 0 Å². The van der Waals surface area contributed by atoms with E-state index in [4.69, 9.17) is 0 Å². The lowest BCUT2D eigenvalue weighted by molar-refractivity contribution is 0.0910. The Labute approximate surface area is 125 Å². The maximum Gasteiger partial charge on any atom is 0.0485 e. The second-order valence-electron chi connectivity index (χ2n) is 5.18. The lowest BCUT2D eigenvalue weighted by Gasteiger charge is -2.39. The number of benzene rings is 1. The molecule has 0 saturated carbocycles. The molecule has 1 aliphatic heterocycles. The van der Waals surface area contributed by atoms with Gasteiger partial charge in [0.2, 0.25) is 0 Å². The molecule has 1 fully saturated rings. The smallest absolute Gasteiger partial charge is 0.0485 e. The molecule has 1 unspecified atom stereocenters. The van der Waals surface area contributed by atoms with E-state index >= 15 is 0 Å². The molecule has 0 amide bonds. The number of para-hydroxylation sites is 1. The standard InChI is InChI=1S/C15H24BrN3/c1-3-19-11-10-18(12-13(19)2)9-8-17-15-7-5-4-6-14(15)16/h4-7,13,17H,3,8-12H2,1-2H3. The van der Waals surface area contributed by atoms with Crippen LogP contribution in [0.4, 0.5) is 5.69 Å².